The molecule has 0 radical (unpaired) electrons. The summed E-state index contributed by atoms with van der Waals surface area (Å²) in [4.78, 5) is 2.39. The smallest absolute Gasteiger partial charge is 0.00218 e. The molecule has 1 heterocycles. The van der Waals surface area contributed by atoms with Crippen molar-refractivity contribution in [3.63, 3.8) is 0 Å². The molecule has 1 rings (SSSR count). The highest BCUT2D eigenvalue weighted by Crippen LogP contribution is 2.04. The summed E-state index contributed by atoms with van der Waals surface area (Å²) in [5, 5.41) is 0. The number of likely N-dealkylation sites (tertiary alicyclic amines) is 1. The molecule has 0 aromatic rings. The molecular formula is C12H32N2. The third-order valence-corrected chi connectivity index (χ3v) is 1.58. The molecular weight excluding hydrogens is 172 g/mol. The minimum atomic E-state index is 0.750. The molecule has 2 heteroatoms. The molecule has 0 bridgehead atoms. The van der Waals surface area contributed by atoms with Crippen molar-refractivity contribution in [2.45, 2.75) is 53.9 Å². The molecule has 0 atom stereocenters. The third-order valence-electron chi connectivity index (χ3n) is 1.58. The Hall–Kier alpha value is -0.0800. The number of hydrogen-bond donors (Lipinski definition) is 1. The van der Waals surface area contributed by atoms with Gasteiger partial charge in [0.25, 0.3) is 0 Å². The first kappa shape index (κ1) is 19.5. The Morgan fingerprint density at radius 2 is 1.21 bits per heavy atom. The maximum Gasteiger partial charge on any atom is -0.00218 e. The van der Waals surface area contributed by atoms with E-state index >= 15 is 0 Å². The molecule has 1 aliphatic heterocycles. The highest BCUT2D eigenvalue weighted by molar-refractivity contribution is 4.58. The molecule has 0 aromatic carbocycles. The quantitative estimate of drug-likeness (QED) is 0.657. The van der Waals surface area contributed by atoms with Crippen molar-refractivity contribution in [2.24, 2.45) is 5.73 Å². The molecule has 0 aromatic heterocycles. The van der Waals surface area contributed by atoms with Crippen LogP contribution in [0.5, 0.6) is 0 Å². The van der Waals surface area contributed by atoms with Crippen molar-refractivity contribution in [2.75, 3.05) is 26.7 Å². The Balaban J connectivity index is -0.000000148. The monoisotopic (exact) mass is 204 g/mol. The van der Waals surface area contributed by atoms with Gasteiger partial charge in [0.1, 0.15) is 0 Å². The van der Waals surface area contributed by atoms with Crippen molar-refractivity contribution in [3.8, 4) is 0 Å². The lowest BCUT2D eigenvalue weighted by Crippen LogP contribution is -2.24. The number of rotatable bonds is 0. The van der Waals surface area contributed by atoms with Gasteiger partial charge in [-0.1, -0.05) is 41.0 Å². The van der Waals surface area contributed by atoms with Gasteiger partial charge in [0.15, 0.2) is 0 Å². The zero-order valence-corrected chi connectivity index (χ0v) is 11.3. The third kappa shape index (κ3) is 22.7. The Bertz CT molecular complexity index is 59.3. The van der Waals surface area contributed by atoms with Crippen LogP contribution < -0.4 is 5.73 Å². The summed E-state index contributed by atoms with van der Waals surface area (Å²) in [5.74, 6) is 0. The van der Waals surface area contributed by atoms with E-state index in [2.05, 4.69) is 11.9 Å². The van der Waals surface area contributed by atoms with Crippen LogP contribution in [0.2, 0.25) is 0 Å². The largest absolute Gasteiger partial charge is 0.331 e. The lowest BCUT2D eigenvalue weighted by molar-refractivity contribution is 0.277. The average molecular weight is 204 g/mol. The van der Waals surface area contributed by atoms with Crippen LogP contribution in [0, 0.1) is 0 Å². The Morgan fingerprint density at radius 1 is 0.929 bits per heavy atom. The summed E-state index contributed by atoms with van der Waals surface area (Å²) in [6.07, 6.45) is 4.28. The molecule has 0 spiro atoms. The molecule has 1 saturated heterocycles. The second kappa shape index (κ2) is 23.1. The van der Waals surface area contributed by atoms with E-state index in [0.29, 0.717) is 0 Å². The van der Waals surface area contributed by atoms with Crippen molar-refractivity contribution in [1.29, 1.82) is 0 Å². The van der Waals surface area contributed by atoms with Crippen LogP contribution in [0.4, 0.5) is 0 Å². The summed E-state index contributed by atoms with van der Waals surface area (Å²) in [6.45, 7) is 13.3. The van der Waals surface area contributed by atoms with E-state index in [-0.39, 0.29) is 0 Å². The number of nitrogens with two attached hydrogens (primary N) is 1. The first-order valence-corrected chi connectivity index (χ1v) is 6.20. The van der Waals surface area contributed by atoms with Crippen LogP contribution in [0.15, 0.2) is 0 Å². The van der Waals surface area contributed by atoms with Crippen molar-refractivity contribution in [1.82, 2.24) is 4.90 Å². The second-order valence-electron chi connectivity index (χ2n) is 2.77. The fourth-order valence-corrected chi connectivity index (χ4v) is 1.05. The minimum Gasteiger partial charge on any atom is -0.331 e. The SMILES string of the molecule is CC.CC.CCN.CN1CCCCC1. The lowest BCUT2D eigenvalue weighted by atomic mass is 10.1. The van der Waals surface area contributed by atoms with E-state index in [1.54, 1.807) is 0 Å². The average Bonchev–Trinajstić information content (AvgIpc) is 2.26. The number of nitrogens with zero attached hydrogens (tertiary/aromatic N) is 1. The lowest BCUT2D eigenvalue weighted by Gasteiger charge is -2.20. The Kier molecular flexibility index (Phi) is 32.1. The van der Waals surface area contributed by atoms with Crippen molar-refractivity contribution in [3.05, 3.63) is 0 Å². The van der Waals surface area contributed by atoms with Crippen LogP contribution in [0.25, 0.3) is 0 Å². The van der Waals surface area contributed by atoms with Crippen molar-refractivity contribution >= 4 is 0 Å². The molecule has 0 amide bonds. The highest BCUT2D eigenvalue weighted by atomic mass is 15.1. The van der Waals surface area contributed by atoms with Crippen LogP contribution in [-0.4, -0.2) is 31.6 Å². The first-order valence-electron chi connectivity index (χ1n) is 6.20. The predicted molar refractivity (Wildman–Crippen MR) is 68.8 cm³/mol. The van der Waals surface area contributed by atoms with Crippen LogP contribution in [0.3, 0.4) is 0 Å². The Labute approximate surface area is 91.9 Å². The zero-order valence-electron chi connectivity index (χ0n) is 11.3. The summed E-state index contributed by atoms with van der Waals surface area (Å²) in [6, 6.07) is 0. The van der Waals surface area contributed by atoms with E-state index in [4.69, 9.17) is 5.73 Å². The zero-order chi connectivity index (χ0) is 11.8. The molecule has 1 fully saturated rings. The molecule has 0 saturated carbocycles. The topological polar surface area (TPSA) is 29.3 Å². The van der Waals surface area contributed by atoms with Gasteiger partial charge in [0.2, 0.25) is 0 Å². The van der Waals surface area contributed by atoms with E-state index < -0.39 is 0 Å². The van der Waals surface area contributed by atoms with Gasteiger partial charge in [-0.25, -0.2) is 0 Å². The highest BCUT2D eigenvalue weighted by Gasteiger charge is 2.02. The van der Waals surface area contributed by atoms with Gasteiger partial charge in [0.05, 0.1) is 0 Å². The van der Waals surface area contributed by atoms with Gasteiger partial charge in [-0.2, -0.15) is 0 Å². The Morgan fingerprint density at radius 3 is 1.36 bits per heavy atom. The summed E-state index contributed by atoms with van der Waals surface area (Å²) in [5.41, 5.74) is 4.85. The van der Waals surface area contributed by atoms with Gasteiger partial charge in [-0.3, -0.25) is 0 Å². The molecule has 1 aliphatic rings. The van der Waals surface area contributed by atoms with E-state index in [1.807, 2.05) is 34.6 Å². The van der Waals surface area contributed by atoms with E-state index in [1.165, 1.54) is 32.4 Å². The van der Waals surface area contributed by atoms with Gasteiger partial charge < -0.3 is 10.6 Å². The maximum atomic E-state index is 4.85. The van der Waals surface area contributed by atoms with Crippen molar-refractivity contribution < 1.29 is 0 Å². The standard InChI is InChI=1S/C6H13N.C2H7N.2C2H6/c1-7-5-3-2-4-6-7;1-2-3;2*1-2/h2-6H2,1H3;2-3H2,1H3;2*1-2H3. The predicted octanol–water partition coefficient (Wildman–Crippen LogP) is 3.12. The van der Waals surface area contributed by atoms with E-state index in [9.17, 15) is 0 Å². The van der Waals surface area contributed by atoms with Gasteiger partial charge >= 0.3 is 0 Å². The minimum absolute atomic E-state index is 0.750. The number of hydrogen-bond acceptors (Lipinski definition) is 2. The molecule has 2 N–H and O–H groups in total. The van der Waals surface area contributed by atoms with Crippen LogP contribution >= 0.6 is 0 Å². The van der Waals surface area contributed by atoms with Gasteiger partial charge in [-0.15, -0.1) is 0 Å². The first-order chi connectivity index (χ1) is 6.81. The summed E-state index contributed by atoms with van der Waals surface area (Å²) < 4.78 is 0. The molecule has 0 unspecified atom stereocenters. The van der Waals surface area contributed by atoms with Gasteiger partial charge in [-0.05, 0) is 39.5 Å². The summed E-state index contributed by atoms with van der Waals surface area (Å²) in [7, 11) is 2.19. The molecule has 14 heavy (non-hydrogen) atoms. The van der Waals surface area contributed by atoms with Crippen LogP contribution in [-0.2, 0) is 0 Å². The molecule has 2 nitrogen and oxygen atoms in total. The van der Waals surface area contributed by atoms with E-state index in [0.717, 1.165) is 6.54 Å². The normalized spacial score (nSPS) is 14.8. The maximum absolute atomic E-state index is 4.85. The molecule has 90 valence electrons. The molecule has 0 aliphatic carbocycles. The van der Waals surface area contributed by atoms with Gasteiger partial charge in [0, 0.05) is 0 Å². The second-order valence-corrected chi connectivity index (χ2v) is 2.77. The fraction of sp³-hybridized carbons (Fsp3) is 1.00. The fourth-order valence-electron chi connectivity index (χ4n) is 1.05. The van der Waals surface area contributed by atoms with Crippen LogP contribution in [0.1, 0.15) is 53.9 Å². The number of piperidine rings is 1. The summed E-state index contributed by atoms with van der Waals surface area (Å²) >= 11 is 0.